The Balaban J connectivity index is 1.37. The van der Waals surface area contributed by atoms with Gasteiger partial charge in [0.25, 0.3) is 0 Å². The van der Waals surface area contributed by atoms with E-state index < -0.39 is 46.9 Å². The number of hydrogen-bond donors (Lipinski definition) is 0. The molecule has 0 aromatic rings. The third-order valence-corrected chi connectivity index (χ3v) is 10.7. The average Bonchev–Trinajstić information content (AvgIpc) is 2.86. The van der Waals surface area contributed by atoms with Crippen LogP contribution in [-0.2, 0) is 28.5 Å². The van der Waals surface area contributed by atoms with E-state index in [1.165, 1.54) is 19.8 Å². The Morgan fingerprint density at radius 3 is 1.59 bits per heavy atom. The molecule has 9 heteroatoms. The number of ether oxygens (including phenoxy) is 5. The van der Waals surface area contributed by atoms with E-state index in [0.29, 0.717) is 25.7 Å². The van der Waals surface area contributed by atoms with Crippen molar-refractivity contribution >= 4 is 5.97 Å². The highest BCUT2D eigenvalue weighted by Crippen LogP contribution is 2.64. The van der Waals surface area contributed by atoms with Crippen molar-refractivity contribution in [2.45, 2.75) is 185 Å². The van der Waals surface area contributed by atoms with E-state index in [1.807, 2.05) is 13.8 Å². The number of carbonyl (C=O) groups is 1. The van der Waals surface area contributed by atoms with Crippen LogP contribution in [0.4, 0.5) is 13.2 Å². The van der Waals surface area contributed by atoms with Crippen LogP contribution in [0.2, 0.25) is 0 Å². The van der Waals surface area contributed by atoms with E-state index in [4.69, 9.17) is 23.7 Å². The van der Waals surface area contributed by atoms with Gasteiger partial charge in [0.05, 0.1) is 23.4 Å². The maximum Gasteiger partial charge on any atom is 0.404 e. The summed E-state index contributed by atoms with van der Waals surface area (Å²) in [4.78, 5) is 13.3. The van der Waals surface area contributed by atoms with Crippen LogP contribution in [0, 0.1) is 11.3 Å². The normalized spacial score (nSPS) is 37.5. The fourth-order valence-electron chi connectivity index (χ4n) is 9.03. The Kier molecular flexibility index (Phi) is 9.14. The van der Waals surface area contributed by atoms with E-state index in [0.717, 1.165) is 71.1 Å². The lowest BCUT2D eigenvalue weighted by Gasteiger charge is -2.65. The van der Waals surface area contributed by atoms with Gasteiger partial charge in [0.2, 0.25) is 0 Å². The molecule has 0 aromatic carbocycles. The first-order valence-corrected chi connectivity index (χ1v) is 16.3. The van der Waals surface area contributed by atoms with Gasteiger partial charge >= 0.3 is 12.1 Å². The molecule has 0 spiro atoms. The van der Waals surface area contributed by atoms with Gasteiger partial charge in [0.15, 0.2) is 18.0 Å². The number of hydrogen-bond acceptors (Lipinski definition) is 6. The number of halogens is 3. The van der Waals surface area contributed by atoms with Crippen LogP contribution in [0.3, 0.4) is 0 Å². The standard InChI is InChI=1S/C32H51F3O6/c1-5-28(4,32(33,34)35)27(36)41-31-18-24-16-29(20-31,39-22(2)37-25-12-8-6-9-13-25)19-30(17-24,21-31)40-23(3)38-26-14-10-7-11-15-26/h22-26H,5-21H2,1-4H3. The van der Waals surface area contributed by atoms with Gasteiger partial charge in [-0.15, -0.1) is 0 Å². The van der Waals surface area contributed by atoms with Crippen molar-refractivity contribution in [3.8, 4) is 0 Å². The van der Waals surface area contributed by atoms with Crippen LogP contribution in [0.15, 0.2) is 0 Å². The summed E-state index contributed by atoms with van der Waals surface area (Å²) in [6, 6.07) is 0. The van der Waals surface area contributed by atoms with Gasteiger partial charge in [-0.3, -0.25) is 4.79 Å². The Bertz CT molecular complexity index is 870. The number of esters is 1. The molecule has 6 saturated carbocycles. The molecule has 0 saturated heterocycles. The molecule has 0 aliphatic heterocycles. The van der Waals surface area contributed by atoms with Gasteiger partial charge in [-0.1, -0.05) is 45.4 Å². The highest BCUT2D eigenvalue weighted by molar-refractivity contribution is 5.78. The zero-order valence-electron chi connectivity index (χ0n) is 25.5. The molecule has 41 heavy (non-hydrogen) atoms. The molecule has 6 nitrogen and oxygen atoms in total. The van der Waals surface area contributed by atoms with Crippen LogP contribution in [0.5, 0.6) is 0 Å². The summed E-state index contributed by atoms with van der Waals surface area (Å²) in [6.45, 7) is 6.19. The largest absolute Gasteiger partial charge is 0.458 e. The summed E-state index contributed by atoms with van der Waals surface area (Å²) < 4.78 is 74.4. The zero-order chi connectivity index (χ0) is 29.5. The highest BCUT2D eigenvalue weighted by Gasteiger charge is 2.68. The van der Waals surface area contributed by atoms with Crippen LogP contribution in [0.25, 0.3) is 0 Å². The molecule has 0 heterocycles. The molecule has 0 radical (unpaired) electrons. The molecule has 0 aromatic heterocycles. The lowest BCUT2D eigenvalue weighted by atomic mass is 9.50. The predicted molar refractivity (Wildman–Crippen MR) is 147 cm³/mol. The second kappa shape index (κ2) is 11.9. The molecular formula is C32H51F3O6. The minimum atomic E-state index is -4.70. The third kappa shape index (κ3) is 6.78. The van der Waals surface area contributed by atoms with Gasteiger partial charge in [0, 0.05) is 19.3 Å². The van der Waals surface area contributed by atoms with Crippen molar-refractivity contribution in [1.82, 2.24) is 0 Å². The molecule has 4 bridgehead atoms. The summed E-state index contributed by atoms with van der Waals surface area (Å²) in [5, 5.41) is 0. The molecule has 236 valence electrons. The second-order valence-corrected chi connectivity index (χ2v) is 14.3. The lowest BCUT2D eigenvalue weighted by molar-refractivity contribution is -0.342. The van der Waals surface area contributed by atoms with E-state index >= 15 is 0 Å². The van der Waals surface area contributed by atoms with E-state index in [1.54, 1.807) is 0 Å². The maximum atomic E-state index is 14.1. The molecule has 6 aliphatic carbocycles. The summed E-state index contributed by atoms with van der Waals surface area (Å²) in [6.07, 6.45) is 8.78. The molecule has 6 aliphatic rings. The lowest BCUT2D eigenvalue weighted by Crippen LogP contribution is -2.69. The molecule has 6 fully saturated rings. The molecule has 0 amide bonds. The van der Waals surface area contributed by atoms with Crippen molar-refractivity contribution in [3.05, 3.63) is 0 Å². The van der Waals surface area contributed by atoms with E-state index in [2.05, 4.69) is 0 Å². The predicted octanol–water partition coefficient (Wildman–Crippen LogP) is 8.15. The number of alkyl halides is 3. The first-order chi connectivity index (χ1) is 19.3. The minimum absolute atomic E-state index is 0.113. The molecule has 5 atom stereocenters. The van der Waals surface area contributed by atoms with Gasteiger partial charge < -0.3 is 23.7 Å². The van der Waals surface area contributed by atoms with Gasteiger partial charge in [-0.25, -0.2) is 0 Å². The summed E-state index contributed by atoms with van der Waals surface area (Å²) in [5.41, 5.74) is -5.03. The van der Waals surface area contributed by atoms with Crippen molar-refractivity contribution in [2.75, 3.05) is 0 Å². The van der Waals surface area contributed by atoms with Gasteiger partial charge in [-0.2, -0.15) is 13.2 Å². The monoisotopic (exact) mass is 588 g/mol. The number of carbonyl (C=O) groups excluding carboxylic acids is 1. The van der Waals surface area contributed by atoms with Crippen molar-refractivity contribution in [1.29, 1.82) is 0 Å². The van der Waals surface area contributed by atoms with Crippen molar-refractivity contribution < 1.29 is 41.7 Å². The second-order valence-electron chi connectivity index (χ2n) is 14.3. The van der Waals surface area contributed by atoms with E-state index in [-0.39, 0.29) is 24.5 Å². The summed E-state index contributed by atoms with van der Waals surface area (Å²) in [5.74, 6) is -1.08. The fraction of sp³-hybridized carbons (Fsp3) is 0.969. The zero-order valence-corrected chi connectivity index (χ0v) is 25.5. The van der Waals surface area contributed by atoms with Crippen LogP contribution < -0.4 is 0 Å². The van der Waals surface area contributed by atoms with Crippen molar-refractivity contribution in [2.24, 2.45) is 11.3 Å². The van der Waals surface area contributed by atoms with Crippen molar-refractivity contribution in [3.63, 3.8) is 0 Å². The SMILES string of the molecule is CCC(C)(C(=O)OC12CC3CC(OC(C)OC4CCCCC4)(C1)CC(OC(C)OC1CCCCC1)(C3)C2)C(F)(F)F. The Hall–Kier alpha value is -0.900. The van der Waals surface area contributed by atoms with Crippen LogP contribution >= 0.6 is 0 Å². The topological polar surface area (TPSA) is 63.2 Å². The minimum Gasteiger partial charge on any atom is -0.458 e. The number of rotatable bonds is 11. The summed E-state index contributed by atoms with van der Waals surface area (Å²) in [7, 11) is 0. The fourth-order valence-corrected chi connectivity index (χ4v) is 9.03. The summed E-state index contributed by atoms with van der Waals surface area (Å²) >= 11 is 0. The molecular weight excluding hydrogens is 537 g/mol. The van der Waals surface area contributed by atoms with Crippen LogP contribution in [0.1, 0.15) is 137 Å². The first-order valence-electron chi connectivity index (χ1n) is 16.3. The average molecular weight is 589 g/mol. The Morgan fingerprint density at radius 2 is 1.17 bits per heavy atom. The van der Waals surface area contributed by atoms with Crippen LogP contribution in [-0.4, -0.2) is 53.7 Å². The molecule has 0 N–H and O–H groups in total. The molecule has 5 unspecified atom stereocenters. The third-order valence-electron chi connectivity index (χ3n) is 10.7. The first kappa shape index (κ1) is 31.5. The van der Waals surface area contributed by atoms with E-state index in [9.17, 15) is 18.0 Å². The maximum absolute atomic E-state index is 14.1. The quantitative estimate of drug-likeness (QED) is 0.179. The smallest absolute Gasteiger partial charge is 0.404 e. The molecule has 6 rings (SSSR count). The van der Waals surface area contributed by atoms with Gasteiger partial charge in [0.1, 0.15) is 5.60 Å². The van der Waals surface area contributed by atoms with Gasteiger partial charge in [-0.05, 0) is 78.1 Å². The highest BCUT2D eigenvalue weighted by atomic mass is 19.4. The Labute approximate surface area is 243 Å². The Morgan fingerprint density at radius 1 is 0.756 bits per heavy atom.